The molecule has 0 aliphatic heterocycles. The third-order valence-corrected chi connectivity index (χ3v) is 5.93. The smallest absolute Gasteiger partial charge is 0.304 e. The van der Waals surface area contributed by atoms with E-state index in [1.807, 2.05) is 0 Å². The van der Waals surface area contributed by atoms with Crippen LogP contribution in [0.25, 0.3) is 0 Å². The molecule has 114 valence electrons. The molecule has 1 N–H and O–H groups in total. The van der Waals surface area contributed by atoms with Crippen LogP contribution in [-0.4, -0.2) is 21.9 Å². The monoisotopic (exact) mass is 298 g/mol. The first-order chi connectivity index (χ1) is 9.68. The van der Waals surface area contributed by atoms with Crippen molar-refractivity contribution in [1.82, 2.24) is 0 Å². The maximum absolute atomic E-state index is 12.5. The first-order valence-electron chi connectivity index (χ1n) is 8.07. The summed E-state index contributed by atoms with van der Waals surface area (Å²) in [7, 11) is 0. The van der Waals surface area contributed by atoms with E-state index < -0.39 is 5.97 Å². The molecule has 3 atom stereocenters. The molecular weight excluding hydrogens is 272 g/mol. The summed E-state index contributed by atoms with van der Waals surface area (Å²) in [6.07, 6.45) is 11.3. The molecular formula is C16H26O3S. The summed E-state index contributed by atoms with van der Waals surface area (Å²) in [5.41, 5.74) is 0. The van der Waals surface area contributed by atoms with Crippen molar-refractivity contribution >= 4 is 22.8 Å². The summed E-state index contributed by atoms with van der Waals surface area (Å²) in [5.74, 6) is 1.15. The normalized spacial score (nSPS) is 30.9. The molecule has 2 aliphatic rings. The summed E-state index contributed by atoms with van der Waals surface area (Å²) >= 11 is 1.26. The zero-order valence-corrected chi connectivity index (χ0v) is 13.0. The molecule has 4 heteroatoms. The second kappa shape index (κ2) is 8.06. The highest BCUT2D eigenvalue weighted by molar-refractivity contribution is 8.13. The molecule has 2 rings (SSSR count). The Morgan fingerprint density at radius 3 is 2.35 bits per heavy atom. The lowest BCUT2D eigenvalue weighted by Gasteiger charge is -2.38. The Morgan fingerprint density at radius 2 is 1.60 bits per heavy atom. The van der Waals surface area contributed by atoms with E-state index in [1.54, 1.807) is 0 Å². The minimum Gasteiger partial charge on any atom is -0.481 e. The molecule has 0 aromatic heterocycles. The van der Waals surface area contributed by atoms with E-state index in [0.29, 0.717) is 11.7 Å². The van der Waals surface area contributed by atoms with Crippen LogP contribution in [0.1, 0.15) is 64.2 Å². The van der Waals surface area contributed by atoms with Crippen LogP contribution in [0.4, 0.5) is 0 Å². The number of hydrogen-bond acceptors (Lipinski definition) is 3. The lowest BCUT2D eigenvalue weighted by molar-refractivity contribution is -0.136. The predicted molar refractivity (Wildman–Crippen MR) is 81.7 cm³/mol. The van der Waals surface area contributed by atoms with E-state index in [9.17, 15) is 9.59 Å². The maximum atomic E-state index is 12.5. The lowest BCUT2D eigenvalue weighted by atomic mass is 9.68. The van der Waals surface area contributed by atoms with Crippen LogP contribution in [0, 0.1) is 17.8 Å². The van der Waals surface area contributed by atoms with E-state index in [2.05, 4.69) is 0 Å². The first kappa shape index (κ1) is 15.9. The minimum absolute atomic E-state index is 0.0945. The van der Waals surface area contributed by atoms with Crippen LogP contribution < -0.4 is 0 Å². The van der Waals surface area contributed by atoms with E-state index in [0.717, 1.165) is 12.3 Å². The Hall–Kier alpha value is -0.510. The number of hydrogen-bond donors (Lipinski definition) is 1. The highest BCUT2D eigenvalue weighted by Crippen LogP contribution is 2.43. The Kier molecular flexibility index (Phi) is 6.40. The molecule has 3 nitrogen and oxygen atoms in total. The molecule has 2 fully saturated rings. The van der Waals surface area contributed by atoms with Gasteiger partial charge in [-0.3, -0.25) is 9.59 Å². The Bertz CT molecular complexity index is 343. The van der Waals surface area contributed by atoms with Crippen LogP contribution in [-0.2, 0) is 9.59 Å². The summed E-state index contributed by atoms with van der Waals surface area (Å²) in [6.45, 7) is 0. The standard InChI is InChI=1S/C16H26O3S/c17-15(18)10-11-20-16(19)14-9-3-1-2-6-12-7-4-5-8-13(12)14/h12-14H,1-11H2,(H,17,18). The van der Waals surface area contributed by atoms with E-state index in [-0.39, 0.29) is 17.5 Å². The van der Waals surface area contributed by atoms with Crippen molar-refractivity contribution in [2.24, 2.45) is 17.8 Å². The van der Waals surface area contributed by atoms with Gasteiger partial charge in [0.05, 0.1) is 6.42 Å². The molecule has 20 heavy (non-hydrogen) atoms. The molecule has 0 radical (unpaired) electrons. The Labute approximate surface area is 125 Å². The van der Waals surface area contributed by atoms with Gasteiger partial charge in [-0.15, -0.1) is 0 Å². The van der Waals surface area contributed by atoms with Crippen LogP contribution in [0.3, 0.4) is 0 Å². The van der Waals surface area contributed by atoms with Gasteiger partial charge in [0, 0.05) is 11.7 Å². The largest absolute Gasteiger partial charge is 0.481 e. The van der Waals surface area contributed by atoms with Gasteiger partial charge in [-0.25, -0.2) is 0 Å². The zero-order valence-electron chi connectivity index (χ0n) is 12.2. The van der Waals surface area contributed by atoms with Gasteiger partial charge in [0.25, 0.3) is 0 Å². The second-order valence-electron chi connectivity index (χ2n) is 6.26. The van der Waals surface area contributed by atoms with Gasteiger partial charge in [0.15, 0.2) is 5.12 Å². The van der Waals surface area contributed by atoms with Crippen molar-refractivity contribution in [2.45, 2.75) is 64.2 Å². The van der Waals surface area contributed by atoms with E-state index in [1.165, 1.54) is 63.1 Å². The van der Waals surface area contributed by atoms with Gasteiger partial charge in [-0.2, -0.15) is 0 Å². The minimum atomic E-state index is -0.807. The third-order valence-electron chi connectivity index (χ3n) is 4.94. The fourth-order valence-corrected chi connectivity index (χ4v) is 4.91. The lowest BCUT2D eigenvalue weighted by Crippen LogP contribution is -2.32. The fraction of sp³-hybridized carbons (Fsp3) is 0.875. The van der Waals surface area contributed by atoms with Crippen LogP contribution in [0.2, 0.25) is 0 Å². The van der Waals surface area contributed by atoms with Crippen LogP contribution >= 0.6 is 11.8 Å². The summed E-state index contributed by atoms with van der Waals surface area (Å²) in [4.78, 5) is 23.0. The van der Waals surface area contributed by atoms with Crippen molar-refractivity contribution < 1.29 is 14.7 Å². The predicted octanol–water partition coefficient (Wildman–Crippen LogP) is 4.11. The van der Waals surface area contributed by atoms with Crippen LogP contribution in [0.15, 0.2) is 0 Å². The van der Waals surface area contributed by atoms with E-state index >= 15 is 0 Å². The van der Waals surface area contributed by atoms with Gasteiger partial charge >= 0.3 is 5.97 Å². The first-order valence-corrected chi connectivity index (χ1v) is 9.05. The molecule has 0 bridgehead atoms. The number of aliphatic carboxylic acids is 1. The number of fused-ring (bicyclic) bond motifs is 1. The van der Waals surface area contributed by atoms with Gasteiger partial charge < -0.3 is 5.11 Å². The van der Waals surface area contributed by atoms with Gasteiger partial charge in [-0.1, -0.05) is 56.7 Å². The highest BCUT2D eigenvalue weighted by Gasteiger charge is 2.36. The van der Waals surface area contributed by atoms with Crippen LogP contribution in [0.5, 0.6) is 0 Å². The summed E-state index contributed by atoms with van der Waals surface area (Å²) < 4.78 is 0. The maximum Gasteiger partial charge on any atom is 0.304 e. The molecule has 0 spiro atoms. The second-order valence-corrected chi connectivity index (χ2v) is 7.36. The molecule has 0 aromatic rings. The third kappa shape index (κ3) is 4.51. The average Bonchev–Trinajstić information content (AvgIpc) is 2.39. The van der Waals surface area contributed by atoms with Gasteiger partial charge in [-0.05, 0) is 24.7 Å². The SMILES string of the molecule is O=C(O)CCSC(=O)C1CCCCCC2CCCCC21. The fourth-order valence-electron chi connectivity index (χ4n) is 3.92. The number of carbonyl (C=O) groups excluding carboxylic acids is 1. The van der Waals surface area contributed by atoms with Crippen molar-refractivity contribution in [2.75, 3.05) is 5.75 Å². The summed E-state index contributed by atoms with van der Waals surface area (Å²) in [5, 5.41) is 8.95. The zero-order chi connectivity index (χ0) is 14.4. The van der Waals surface area contributed by atoms with Crippen molar-refractivity contribution in [3.63, 3.8) is 0 Å². The number of thioether (sulfide) groups is 1. The topological polar surface area (TPSA) is 54.4 Å². The van der Waals surface area contributed by atoms with Gasteiger partial charge in [0.2, 0.25) is 0 Å². The van der Waals surface area contributed by atoms with Crippen molar-refractivity contribution in [3.8, 4) is 0 Å². The van der Waals surface area contributed by atoms with E-state index in [4.69, 9.17) is 5.11 Å². The number of carboxylic acid groups (broad SMARTS) is 1. The molecule has 0 saturated heterocycles. The molecule has 3 unspecified atom stereocenters. The number of carbonyl (C=O) groups is 2. The Morgan fingerprint density at radius 1 is 0.950 bits per heavy atom. The number of carboxylic acids is 1. The molecule has 2 saturated carbocycles. The summed E-state index contributed by atoms with van der Waals surface area (Å²) in [6, 6.07) is 0. The molecule has 2 aliphatic carbocycles. The van der Waals surface area contributed by atoms with Crippen molar-refractivity contribution in [1.29, 1.82) is 0 Å². The highest BCUT2D eigenvalue weighted by atomic mass is 32.2. The van der Waals surface area contributed by atoms with Crippen molar-refractivity contribution in [3.05, 3.63) is 0 Å². The molecule has 0 heterocycles. The Balaban J connectivity index is 1.93. The van der Waals surface area contributed by atoms with Gasteiger partial charge in [0.1, 0.15) is 0 Å². The molecule has 0 amide bonds. The molecule has 0 aromatic carbocycles. The number of rotatable bonds is 4. The quantitative estimate of drug-likeness (QED) is 0.848. The average molecular weight is 298 g/mol.